The molecule has 19 heavy (non-hydrogen) atoms. The van der Waals surface area contributed by atoms with Gasteiger partial charge in [-0.3, -0.25) is 4.79 Å². The van der Waals surface area contributed by atoms with Crippen LogP contribution in [0.3, 0.4) is 0 Å². The SMILES string of the molecule is CSCC[C@@H](N)C(=O)N1CCCCc2ccccc21. The van der Waals surface area contributed by atoms with E-state index in [1.807, 2.05) is 29.4 Å². The number of hydrogen-bond acceptors (Lipinski definition) is 3. The number of aryl methyl sites for hydroxylation is 1. The van der Waals surface area contributed by atoms with Gasteiger partial charge in [0.1, 0.15) is 0 Å². The van der Waals surface area contributed by atoms with Crippen LogP contribution in [0.2, 0.25) is 0 Å². The maximum absolute atomic E-state index is 12.5. The van der Waals surface area contributed by atoms with Crippen molar-refractivity contribution >= 4 is 23.4 Å². The van der Waals surface area contributed by atoms with Gasteiger partial charge in [0, 0.05) is 12.2 Å². The molecule has 1 aromatic rings. The molecule has 2 rings (SSSR count). The predicted octanol–water partition coefficient (Wildman–Crippen LogP) is 2.44. The number of rotatable bonds is 4. The zero-order valence-corrected chi connectivity index (χ0v) is 12.3. The third-order valence-electron chi connectivity index (χ3n) is 3.58. The molecule has 1 aliphatic rings. The third-order valence-corrected chi connectivity index (χ3v) is 4.22. The highest BCUT2D eigenvalue weighted by molar-refractivity contribution is 7.98. The second-order valence-corrected chi connectivity index (χ2v) is 5.95. The van der Waals surface area contributed by atoms with E-state index >= 15 is 0 Å². The fourth-order valence-electron chi connectivity index (χ4n) is 2.49. The van der Waals surface area contributed by atoms with Crippen molar-refractivity contribution in [2.45, 2.75) is 31.7 Å². The number of nitrogens with zero attached hydrogens (tertiary/aromatic N) is 1. The molecule has 0 saturated heterocycles. The van der Waals surface area contributed by atoms with Crippen molar-refractivity contribution in [1.29, 1.82) is 0 Å². The first-order valence-electron chi connectivity index (χ1n) is 6.88. The molecule has 0 unspecified atom stereocenters. The molecule has 1 amide bonds. The van der Waals surface area contributed by atoms with Crippen molar-refractivity contribution in [2.75, 3.05) is 23.5 Å². The minimum absolute atomic E-state index is 0.0726. The van der Waals surface area contributed by atoms with Gasteiger partial charge in [-0.1, -0.05) is 18.2 Å². The van der Waals surface area contributed by atoms with Gasteiger partial charge in [0.05, 0.1) is 6.04 Å². The van der Waals surface area contributed by atoms with Crippen LogP contribution < -0.4 is 10.6 Å². The first kappa shape index (κ1) is 14.4. The molecule has 3 nitrogen and oxygen atoms in total. The van der Waals surface area contributed by atoms with E-state index in [9.17, 15) is 4.79 Å². The molecule has 1 atom stereocenters. The Morgan fingerprint density at radius 3 is 3.00 bits per heavy atom. The third kappa shape index (κ3) is 3.51. The van der Waals surface area contributed by atoms with Crippen LogP contribution in [0, 0.1) is 0 Å². The summed E-state index contributed by atoms with van der Waals surface area (Å²) in [5, 5.41) is 0. The highest BCUT2D eigenvalue weighted by Gasteiger charge is 2.24. The lowest BCUT2D eigenvalue weighted by atomic mass is 10.1. The van der Waals surface area contributed by atoms with Crippen LogP contribution in [-0.2, 0) is 11.2 Å². The second kappa shape index (κ2) is 6.96. The lowest BCUT2D eigenvalue weighted by Crippen LogP contribution is -2.44. The standard InChI is InChI=1S/C15H22N2OS/c1-19-11-9-13(16)15(18)17-10-5-4-7-12-6-2-3-8-14(12)17/h2-3,6,8,13H,4-5,7,9-11,16H2,1H3/t13-/m1/s1. The summed E-state index contributed by atoms with van der Waals surface area (Å²) < 4.78 is 0. The van der Waals surface area contributed by atoms with Crippen molar-refractivity contribution in [1.82, 2.24) is 0 Å². The molecule has 0 bridgehead atoms. The van der Waals surface area contributed by atoms with Gasteiger partial charge in [-0.05, 0) is 49.3 Å². The van der Waals surface area contributed by atoms with Crippen molar-refractivity contribution in [3.05, 3.63) is 29.8 Å². The van der Waals surface area contributed by atoms with Gasteiger partial charge in [0.25, 0.3) is 0 Å². The van der Waals surface area contributed by atoms with Crippen LogP contribution in [-0.4, -0.2) is 30.5 Å². The van der Waals surface area contributed by atoms with Crippen molar-refractivity contribution in [2.24, 2.45) is 5.73 Å². The van der Waals surface area contributed by atoms with Gasteiger partial charge < -0.3 is 10.6 Å². The number of benzene rings is 1. The van der Waals surface area contributed by atoms with Crippen LogP contribution >= 0.6 is 11.8 Å². The Bertz CT molecular complexity index is 436. The highest BCUT2D eigenvalue weighted by Crippen LogP contribution is 2.26. The van der Waals surface area contributed by atoms with Gasteiger partial charge in [-0.2, -0.15) is 11.8 Å². The first-order valence-corrected chi connectivity index (χ1v) is 8.27. The van der Waals surface area contributed by atoms with E-state index in [-0.39, 0.29) is 11.9 Å². The largest absolute Gasteiger partial charge is 0.320 e. The van der Waals surface area contributed by atoms with Gasteiger partial charge in [-0.15, -0.1) is 0 Å². The summed E-state index contributed by atoms with van der Waals surface area (Å²) in [5.41, 5.74) is 8.37. The van der Waals surface area contributed by atoms with Crippen LogP contribution in [0.15, 0.2) is 24.3 Å². The minimum atomic E-state index is -0.376. The zero-order valence-electron chi connectivity index (χ0n) is 11.5. The molecule has 0 aromatic heterocycles. The van der Waals surface area contributed by atoms with Crippen LogP contribution in [0.4, 0.5) is 5.69 Å². The van der Waals surface area contributed by atoms with E-state index in [0.29, 0.717) is 0 Å². The number of anilines is 1. The van der Waals surface area contributed by atoms with E-state index in [4.69, 9.17) is 5.73 Å². The lowest BCUT2D eigenvalue weighted by molar-refractivity contribution is -0.119. The van der Waals surface area contributed by atoms with E-state index < -0.39 is 0 Å². The van der Waals surface area contributed by atoms with E-state index in [1.165, 1.54) is 5.56 Å². The summed E-state index contributed by atoms with van der Waals surface area (Å²) in [5.74, 6) is 1.01. The normalized spacial score (nSPS) is 16.6. The summed E-state index contributed by atoms with van der Waals surface area (Å²) in [6.45, 7) is 0.794. The highest BCUT2D eigenvalue weighted by atomic mass is 32.2. The molecule has 1 aliphatic heterocycles. The molecule has 104 valence electrons. The van der Waals surface area contributed by atoms with Gasteiger partial charge >= 0.3 is 0 Å². The van der Waals surface area contributed by atoms with E-state index in [1.54, 1.807) is 11.8 Å². The first-order chi connectivity index (χ1) is 9.24. The predicted molar refractivity (Wildman–Crippen MR) is 82.7 cm³/mol. The molecule has 0 saturated carbocycles. The average Bonchev–Trinajstić information content (AvgIpc) is 2.66. The van der Waals surface area contributed by atoms with Gasteiger partial charge in [0.15, 0.2) is 0 Å². The fourth-order valence-corrected chi connectivity index (χ4v) is 2.98. The van der Waals surface area contributed by atoms with Crippen molar-refractivity contribution in [3.8, 4) is 0 Å². The summed E-state index contributed by atoms with van der Waals surface area (Å²) in [6, 6.07) is 7.82. The summed E-state index contributed by atoms with van der Waals surface area (Å²) in [6.07, 6.45) is 6.04. The van der Waals surface area contributed by atoms with Crippen molar-refractivity contribution < 1.29 is 4.79 Å². The number of carbonyl (C=O) groups excluding carboxylic acids is 1. The Labute approximate surface area is 119 Å². The van der Waals surface area contributed by atoms with Crippen molar-refractivity contribution in [3.63, 3.8) is 0 Å². The Kier molecular flexibility index (Phi) is 5.28. The molecule has 0 spiro atoms. The molecule has 4 heteroatoms. The average molecular weight is 278 g/mol. The maximum atomic E-state index is 12.5. The molecule has 0 radical (unpaired) electrons. The van der Waals surface area contributed by atoms with Crippen LogP contribution in [0.25, 0.3) is 0 Å². The molecule has 0 aliphatic carbocycles. The number of hydrogen-bond donors (Lipinski definition) is 1. The number of para-hydroxylation sites is 1. The number of carbonyl (C=O) groups is 1. The monoisotopic (exact) mass is 278 g/mol. The topological polar surface area (TPSA) is 46.3 Å². The number of nitrogens with two attached hydrogens (primary N) is 1. The van der Waals surface area contributed by atoms with Crippen LogP contribution in [0.1, 0.15) is 24.8 Å². The fraction of sp³-hybridized carbons (Fsp3) is 0.533. The molecular formula is C15H22N2OS. The summed E-state index contributed by atoms with van der Waals surface area (Å²) >= 11 is 1.73. The Morgan fingerprint density at radius 1 is 1.42 bits per heavy atom. The number of amides is 1. The Hall–Kier alpha value is -1.00. The smallest absolute Gasteiger partial charge is 0.243 e. The molecule has 2 N–H and O–H groups in total. The quantitative estimate of drug-likeness (QED) is 0.920. The van der Waals surface area contributed by atoms with Gasteiger partial charge in [-0.25, -0.2) is 0 Å². The molecule has 1 heterocycles. The van der Waals surface area contributed by atoms with Gasteiger partial charge in [0.2, 0.25) is 5.91 Å². The maximum Gasteiger partial charge on any atom is 0.243 e. The van der Waals surface area contributed by atoms with E-state index in [2.05, 4.69) is 6.07 Å². The second-order valence-electron chi connectivity index (χ2n) is 4.96. The number of fused-ring (bicyclic) bond motifs is 1. The van der Waals surface area contributed by atoms with Crippen LogP contribution in [0.5, 0.6) is 0 Å². The summed E-state index contributed by atoms with van der Waals surface area (Å²) in [7, 11) is 0. The minimum Gasteiger partial charge on any atom is -0.320 e. The molecule has 1 aromatic carbocycles. The van der Waals surface area contributed by atoms with E-state index in [0.717, 1.165) is 43.7 Å². The molecule has 0 fully saturated rings. The molecular weight excluding hydrogens is 256 g/mol. The zero-order chi connectivity index (χ0) is 13.7. The summed E-state index contributed by atoms with van der Waals surface area (Å²) in [4.78, 5) is 14.4. The number of thioether (sulfide) groups is 1. The Morgan fingerprint density at radius 2 is 2.21 bits per heavy atom. The Balaban J connectivity index is 2.17. The lowest BCUT2D eigenvalue weighted by Gasteiger charge is -2.25.